The molecule has 1 aliphatic rings. The Bertz CT molecular complexity index is 976. The first kappa shape index (κ1) is 19.1. The fraction of sp³-hybridized carbons (Fsp3) is 0.304. The van der Waals surface area contributed by atoms with Crippen LogP contribution in [0.15, 0.2) is 59.0 Å². The second kappa shape index (κ2) is 8.39. The monoisotopic (exact) mass is 391 g/mol. The molecule has 1 amide bonds. The molecule has 1 saturated heterocycles. The molecule has 6 heteroatoms. The molecule has 2 heterocycles. The molecule has 0 aliphatic carbocycles. The summed E-state index contributed by atoms with van der Waals surface area (Å²) in [6.07, 6.45) is 0.265. The minimum Gasteiger partial charge on any atom is -0.497 e. The number of carbonyl (C=O) groups excluding carboxylic acids is 1. The molecule has 1 fully saturated rings. The Labute approximate surface area is 170 Å². The molecular weight excluding hydrogens is 366 g/mol. The van der Waals surface area contributed by atoms with Crippen molar-refractivity contribution in [3.63, 3.8) is 0 Å². The molecule has 0 spiro atoms. The molecule has 4 rings (SSSR count). The van der Waals surface area contributed by atoms with Gasteiger partial charge < -0.3 is 19.0 Å². The van der Waals surface area contributed by atoms with E-state index in [4.69, 9.17) is 9.15 Å². The zero-order chi connectivity index (χ0) is 20.2. The highest BCUT2D eigenvalue weighted by Gasteiger charge is 2.23. The molecule has 150 valence electrons. The summed E-state index contributed by atoms with van der Waals surface area (Å²) < 4.78 is 11.1. The van der Waals surface area contributed by atoms with E-state index in [1.807, 2.05) is 60.4 Å². The Morgan fingerprint density at radius 3 is 2.55 bits per heavy atom. The van der Waals surface area contributed by atoms with E-state index in [2.05, 4.69) is 16.0 Å². The molecule has 0 radical (unpaired) electrons. The number of amides is 1. The van der Waals surface area contributed by atoms with Crippen molar-refractivity contribution >= 4 is 11.6 Å². The summed E-state index contributed by atoms with van der Waals surface area (Å²) in [5, 5.41) is 0. The first-order valence-electron chi connectivity index (χ1n) is 9.82. The van der Waals surface area contributed by atoms with Gasteiger partial charge in [-0.15, -0.1) is 0 Å². The number of carbonyl (C=O) groups is 1. The number of hydrogen-bond donors (Lipinski definition) is 0. The van der Waals surface area contributed by atoms with Crippen LogP contribution in [0.5, 0.6) is 5.75 Å². The molecule has 3 aromatic rings. The zero-order valence-corrected chi connectivity index (χ0v) is 16.8. The number of piperazine rings is 1. The van der Waals surface area contributed by atoms with Gasteiger partial charge >= 0.3 is 0 Å². The quantitative estimate of drug-likeness (QED) is 0.666. The molecule has 0 atom stereocenters. The van der Waals surface area contributed by atoms with Crippen LogP contribution in [0.1, 0.15) is 11.5 Å². The fourth-order valence-electron chi connectivity index (χ4n) is 3.57. The number of anilines is 1. The number of aromatic nitrogens is 1. The van der Waals surface area contributed by atoms with Crippen molar-refractivity contribution in [1.29, 1.82) is 0 Å². The van der Waals surface area contributed by atoms with Crippen LogP contribution in [0.25, 0.3) is 11.5 Å². The van der Waals surface area contributed by atoms with Crippen LogP contribution in [0.4, 0.5) is 5.69 Å². The van der Waals surface area contributed by atoms with Crippen molar-refractivity contribution in [2.75, 3.05) is 38.2 Å². The smallest absolute Gasteiger partial charge is 0.228 e. The number of oxazole rings is 1. The van der Waals surface area contributed by atoms with Gasteiger partial charge in [-0.1, -0.05) is 24.3 Å². The van der Waals surface area contributed by atoms with Gasteiger partial charge in [-0.05, 0) is 31.2 Å². The van der Waals surface area contributed by atoms with Crippen LogP contribution < -0.4 is 9.64 Å². The Hall–Kier alpha value is -3.28. The lowest BCUT2D eigenvalue weighted by molar-refractivity contribution is -0.130. The van der Waals surface area contributed by atoms with Crippen molar-refractivity contribution in [1.82, 2.24) is 9.88 Å². The van der Waals surface area contributed by atoms with E-state index in [-0.39, 0.29) is 12.3 Å². The molecule has 6 nitrogen and oxygen atoms in total. The highest BCUT2D eigenvalue weighted by atomic mass is 16.5. The molecular formula is C23H25N3O3. The third kappa shape index (κ3) is 4.26. The maximum Gasteiger partial charge on any atom is 0.228 e. The summed E-state index contributed by atoms with van der Waals surface area (Å²) in [6.45, 7) is 4.84. The van der Waals surface area contributed by atoms with Crippen LogP contribution in [-0.2, 0) is 11.2 Å². The predicted octanol–water partition coefficient (Wildman–Crippen LogP) is 3.55. The van der Waals surface area contributed by atoms with Gasteiger partial charge in [0.25, 0.3) is 0 Å². The molecule has 1 aliphatic heterocycles. The van der Waals surface area contributed by atoms with Gasteiger partial charge in [0.2, 0.25) is 11.8 Å². The van der Waals surface area contributed by atoms with Crippen LogP contribution >= 0.6 is 0 Å². The Morgan fingerprint density at radius 2 is 1.83 bits per heavy atom. The fourth-order valence-corrected chi connectivity index (χ4v) is 3.57. The van der Waals surface area contributed by atoms with E-state index in [0.29, 0.717) is 30.4 Å². The normalized spacial score (nSPS) is 14.1. The van der Waals surface area contributed by atoms with Crippen molar-refractivity contribution in [2.45, 2.75) is 13.3 Å². The summed E-state index contributed by atoms with van der Waals surface area (Å²) in [5.41, 5.74) is 2.75. The lowest BCUT2D eigenvalue weighted by Gasteiger charge is -2.36. The number of rotatable bonds is 5. The lowest BCUT2D eigenvalue weighted by Crippen LogP contribution is -2.49. The summed E-state index contributed by atoms with van der Waals surface area (Å²) in [7, 11) is 1.67. The summed E-state index contributed by atoms with van der Waals surface area (Å²) in [4.78, 5) is 21.6. The average Bonchev–Trinajstić information content (AvgIpc) is 3.14. The highest BCUT2D eigenvalue weighted by Crippen LogP contribution is 2.24. The number of aryl methyl sites for hydroxylation is 1. The van der Waals surface area contributed by atoms with Gasteiger partial charge in [0, 0.05) is 43.5 Å². The van der Waals surface area contributed by atoms with Crippen molar-refractivity contribution in [3.05, 3.63) is 66.1 Å². The first-order valence-corrected chi connectivity index (χ1v) is 9.82. The van der Waals surface area contributed by atoms with Crippen molar-refractivity contribution in [3.8, 4) is 17.2 Å². The molecule has 0 saturated carbocycles. The standard InChI is InChI=1S/C23H25N3O3/c1-17-21(24-23(29-17)18-7-4-3-5-8-18)16-22(27)26-13-11-25(12-14-26)19-9-6-10-20(15-19)28-2/h3-10,15H,11-14,16H2,1-2H3. The van der Waals surface area contributed by atoms with E-state index in [1.54, 1.807) is 7.11 Å². The maximum atomic E-state index is 12.8. The maximum absolute atomic E-state index is 12.8. The summed E-state index contributed by atoms with van der Waals surface area (Å²) in [5.74, 6) is 2.20. The number of hydrogen-bond acceptors (Lipinski definition) is 5. The van der Waals surface area contributed by atoms with E-state index in [1.165, 1.54) is 0 Å². The summed E-state index contributed by atoms with van der Waals surface area (Å²) in [6, 6.07) is 17.8. The number of nitrogens with zero attached hydrogens (tertiary/aromatic N) is 3. The van der Waals surface area contributed by atoms with E-state index < -0.39 is 0 Å². The van der Waals surface area contributed by atoms with E-state index in [9.17, 15) is 4.79 Å². The largest absolute Gasteiger partial charge is 0.497 e. The number of ether oxygens (including phenoxy) is 1. The SMILES string of the molecule is COc1cccc(N2CCN(C(=O)Cc3nc(-c4ccccc4)oc3C)CC2)c1. The van der Waals surface area contributed by atoms with Gasteiger partial charge in [-0.3, -0.25) is 4.79 Å². The van der Waals surface area contributed by atoms with Gasteiger partial charge in [0.15, 0.2) is 0 Å². The summed E-state index contributed by atoms with van der Waals surface area (Å²) >= 11 is 0. The van der Waals surface area contributed by atoms with Gasteiger partial charge in [-0.2, -0.15) is 0 Å². The first-order chi connectivity index (χ1) is 14.1. The third-order valence-electron chi connectivity index (χ3n) is 5.28. The third-order valence-corrected chi connectivity index (χ3v) is 5.28. The predicted molar refractivity (Wildman–Crippen MR) is 112 cm³/mol. The Morgan fingerprint density at radius 1 is 1.07 bits per heavy atom. The van der Waals surface area contributed by atoms with Crippen LogP contribution in [0, 0.1) is 6.92 Å². The molecule has 1 aromatic heterocycles. The van der Waals surface area contributed by atoms with Crippen molar-refractivity contribution < 1.29 is 13.9 Å². The topological polar surface area (TPSA) is 58.8 Å². The van der Waals surface area contributed by atoms with E-state index in [0.717, 1.165) is 30.1 Å². The second-order valence-electron chi connectivity index (χ2n) is 7.13. The molecule has 29 heavy (non-hydrogen) atoms. The minimum atomic E-state index is 0.0892. The number of methoxy groups -OCH3 is 1. The van der Waals surface area contributed by atoms with Crippen LogP contribution in [0.3, 0.4) is 0 Å². The molecule has 2 aromatic carbocycles. The van der Waals surface area contributed by atoms with Gasteiger partial charge in [0.1, 0.15) is 11.5 Å². The Kier molecular flexibility index (Phi) is 5.51. The van der Waals surface area contributed by atoms with E-state index >= 15 is 0 Å². The zero-order valence-electron chi connectivity index (χ0n) is 16.8. The molecule has 0 unspecified atom stereocenters. The average molecular weight is 391 g/mol. The van der Waals surface area contributed by atoms with Crippen LogP contribution in [-0.4, -0.2) is 49.1 Å². The van der Waals surface area contributed by atoms with Crippen molar-refractivity contribution in [2.24, 2.45) is 0 Å². The number of benzene rings is 2. The minimum absolute atomic E-state index is 0.0892. The van der Waals surface area contributed by atoms with Gasteiger partial charge in [-0.25, -0.2) is 4.98 Å². The van der Waals surface area contributed by atoms with Gasteiger partial charge in [0.05, 0.1) is 19.2 Å². The molecule has 0 N–H and O–H groups in total. The molecule has 0 bridgehead atoms. The van der Waals surface area contributed by atoms with Crippen LogP contribution in [0.2, 0.25) is 0 Å². The highest BCUT2D eigenvalue weighted by molar-refractivity contribution is 5.79. The Balaban J connectivity index is 1.37. The lowest BCUT2D eigenvalue weighted by atomic mass is 10.2. The second-order valence-corrected chi connectivity index (χ2v) is 7.13.